The normalized spacial score (nSPS) is 11.2. The minimum Gasteiger partial charge on any atom is -0.382 e. The fraction of sp³-hybridized carbons (Fsp3) is 0.368. The number of pyridine rings is 1. The van der Waals surface area contributed by atoms with Gasteiger partial charge in [-0.3, -0.25) is 4.57 Å². The van der Waals surface area contributed by atoms with E-state index in [1.807, 2.05) is 19.9 Å². The summed E-state index contributed by atoms with van der Waals surface area (Å²) in [4.78, 5) is 9.56. The number of benzene rings is 1. The Bertz CT molecular complexity index is 888. The first-order valence-electron chi connectivity index (χ1n) is 8.17. The van der Waals surface area contributed by atoms with E-state index >= 15 is 0 Å². The van der Waals surface area contributed by atoms with Crippen molar-refractivity contribution in [3.05, 3.63) is 46.4 Å². The number of hydrogen-bond acceptors (Lipinski definition) is 3. The summed E-state index contributed by atoms with van der Waals surface area (Å²) in [7, 11) is 0. The number of nitrogens with zero attached hydrogens (tertiary/aromatic N) is 3. The van der Waals surface area contributed by atoms with Crippen LogP contribution in [0.5, 0.6) is 0 Å². The number of rotatable bonds is 4. The van der Waals surface area contributed by atoms with Gasteiger partial charge in [0.05, 0.1) is 11.4 Å². The molecule has 0 bridgehead atoms. The second-order valence-corrected chi connectivity index (χ2v) is 6.72. The number of fused-ring (bicyclic) bond motifs is 1. The van der Waals surface area contributed by atoms with Crippen LogP contribution in [-0.4, -0.2) is 27.0 Å². The fourth-order valence-electron chi connectivity index (χ4n) is 3.39. The summed E-state index contributed by atoms with van der Waals surface area (Å²) in [5, 5.41) is 3.36. The maximum Gasteiger partial charge on any atom is 0.167 e. The molecule has 24 heavy (non-hydrogen) atoms. The molecule has 0 spiro atoms. The van der Waals surface area contributed by atoms with Gasteiger partial charge in [0, 0.05) is 18.1 Å². The highest BCUT2D eigenvalue weighted by atomic mass is 35.5. The van der Waals surface area contributed by atoms with Gasteiger partial charge in [-0.1, -0.05) is 17.7 Å². The lowest BCUT2D eigenvalue weighted by molar-refractivity contribution is 0.961. The van der Waals surface area contributed by atoms with Crippen molar-refractivity contribution in [3.8, 4) is 5.69 Å². The smallest absolute Gasteiger partial charge is 0.167 e. The standard InChI is InChI=1S/C19H23ClN4/c1-11-8-12(2)18(13(3)9-11)24-15(5)23-17-16(21-7-6-20)10-14(4)22-19(17)24/h8-10H,6-7H2,1-5H3,(H,21,22). The van der Waals surface area contributed by atoms with Crippen molar-refractivity contribution < 1.29 is 0 Å². The van der Waals surface area contributed by atoms with Crippen molar-refractivity contribution in [1.82, 2.24) is 14.5 Å². The maximum absolute atomic E-state index is 5.83. The third-order valence-corrected chi connectivity index (χ3v) is 4.37. The predicted molar refractivity (Wildman–Crippen MR) is 102 cm³/mol. The number of alkyl halides is 1. The Hall–Kier alpha value is -2.07. The van der Waals surface area contributed by atoms with Crippen LogP contribution in [0, 0.1) is 34.6 Å². The zero-order chi connectivity index (χ0) is 17.4. The van der Waals surface area contributed by atoms with Gasteiger partial charge < -0.3 is 5.32 Å². The van der Waals surface area contributed by atoms with E-state index in [0.29, 0.717) is 12.4 Å². The van der Waals surface area contributed by atoms with Gasteiger partial charge in [0.15, 0.2) is 5.65 Å². The van der Waals surface area contributed by atoms with Crippen molar-refractivity contribution in [2.75, 3.05) is 17.7 Å². The molecule has 3 aromatic rings. The Kier molecular flexibility index (Phi) is 4.50. The van der Waals surface area contributed by atoms with Crippen LogP contribution < -0.4 is 5.32 Å². The molecule has 5 heteroatoms. The Morgan fingerprint density at radius 3 is 2.29 bits per heavy atom. The Labute approximate surface area is 147 Å². The molecule has 4 nitrogen and oxygen atoms in total. The first-order chi connectivity index (χ1) is 11.4. The van der Waals surface area contributed by atoms with Crippen LogP contribution in [0.3, 0.4) is 0 Å². The summed E-state index contributed by atoms with van der Waals surface area (Å²) < 4.78 is 2.16. The van der Waals surface area contributed by atoms with Gasteiger partial charge in [0.1, 0.15) is 11.3 Å². The third kappa shape index (κ3) is 2.86. The number of aryl methyl sites for hydroxylation is 5. The molecular formula is C19H23ClN4. The molecule has 0 saturated heterocycles. The molecule has 0 aliphatic heterocycles. The highest BCUT2D eigenvalue weighted by molar-refractivity contribution is 6.18. The van der Waals surface area contributed by atoms with Crippen LogP contribution >= 0.6 is 11.6 Å². The molecule has 0 aliphatic rings. The van der Waals surface area contributed by atoms with Gasteiger partial charge in [-0.2, -0.15) is 0 Å². The molecule has 3 rings (SSSR count). The quantitative estimate of drug-likeness (QED) is 0.704. The topological polar surface area (TPSA) is 42.7 Å². The SMILES string of the molecule is Cc1cc(C)c(-n2c(C)nc3c(NCCCl)cc(C)nc32)c(C)c1. The molecule has 0 radical (unpaired) electrons. The van der Waals surface area contributed by atoms with E-state index in [1.165, 1.54) is 22.4 Å². The van der Waals surface area contributed by atoms with Crippen molar-refractivity contribution in [2.45, 2.75) is 34.6 Å². The highest BCUT2D eigenvalue weighted by Gasteiger charge is 2.17. The van der Waals surface area contributed by atoms with Crippen LogP contribution in [0.15, 0.2) is 18.2 Å². The van der Waals surface area contributed by atoms with E-state index in [0.717, 1.165) is 28.4 Å². The molecule has 0 aliphatic carbocycles. The third-order valence-electron chi connectivity index (χ3n) is 4.18. The maximum atomic E-state index is 5.83. The van der Waals surface area contributed by atoms with E-state index in [-0.39, 0.29) is 0 Å². The number of halogens is 1. The number of hydrogen-bond donors (Lipinski definition) is 1. The summed E-state index contributed by atoms with van der Waals surface area (Å²) in [6.07, 6.45) is 0. The second-order valence-electron chi connectivity index (χ2n) is 6.34. The summed E-state index contributed by atoms with van der Waals surface area (Å²) in [5.41, 5.74) is 8.63. The number of aromatic nitrogens is 3. The fourth-order valence-corrected chi connectivity index (χ4v) is 3.49. The highest BCUT2D eigenvalue weighted by Crippen LogP contribution is 2.30. The van der Waals surface area contributed by atoms with E-state index < -0.39 is 0 Å². The zero-order valence-corrected chi connectivity index (χ0v) is 15.6. The van der Waals surface area contributed by atoms with Crippen molar-refractivity contribution in [2.24, 2.45) is 0 Å². The van der Waals surface area contributed by atoms with Crippen LogP contribution in [0.2, 0.25) is 0 Å². The molecule has 0 saturated carbocycles. The van der Waals surface area contributed by atoms with Crippen molar-refractivity contribution in [3.63, 3.8) is 0 Å². The van der Waals surface area contributed by atoms with Gasteiger partial charge >= 0.3 is 0 Å². The van der Waals surface area contributed by atoms with Crippen molar-refractivity contribution in [1.29, 1.82) is 0 Å². The lowest BCUT2D eigenvalue weighted by atomic mass is 10.0. The molecule has 1 N–H and O–H groups in total. The average Bonchev–Trinajstić information content (AvgIpc) is 2.81. The molecular weight excluding hydrogens is 320 g/mol. The predicted octanol–water partition coefficient (Wildman–Crippen LogP) is 4.61. The van der Waals surface area contributed by atoms with Crippen LogP contribution in [0.1, 0.15) is 28.2 Å². The summed E-state index contributed by atoms with van der Waals surface area (Å²) in [6.45, 7) is 11.1. The molecule has 2 heterocycles. The zero-order valence-electron chi connectivity index (χ0n) is 14.9. The monoisotopic (exact) mass is 342 g/mol. The van der Waals surface area contributed by atoms with E-state index in [9.17, 15) is 0 Å². The second kappa shape index (κ2) is 6.44. The molecule has 0 amide bonds. The molecule has 1 aromatic carbocycles. The summed E-state index contributed by atoms with van der Waals surface area (Å²) in [5.74, 6) is 1.49. The van der Waals surface area contributed by atoms with Gasteiger partial charge in [0.25, 0.3) is 0 Å². The lowest BCUT2D eigenvalue weighted by Gasteiger charge is -2.15. The van der Waals surface area contributed by atoms with Gasteiger partial charge in [-0.15, -0.1) is 11.6 Å². The largest absolute Gasteiger partial charge is 0.382 e. The molecule has 0 atom stereocenters. The number of anilines is 1. The first kappa shape index (κ1) is 16.8. The van der Waals surface area contributed by atoms with Gasteiger partial charge in [0.2, 0.25) is 0 Å². The van der Waals surface area contributed by atoms with Crippen LogP contribution in [-0.2, 0) is 0 Å². The van der Waals surface area contributed by atoms with Crippen molar-refractivity contribution >= 4 is 28.5 Å². The lowest BCUT2D eigenvalue weighted by Crippen LogP contribution is -2.06. The average molecular weight is 343 g/mol. The minimum atomic E-state index is 0.554. The minimum absolute atomic E-state index is 0.554. The Morgan fingerprint density at radius 1 is 1.00 bits per heavy atom. The first-order valence-corrected chi connectivity index (χ1v) is 8.70. The van der Waals surface area contributed by atoms with E-state index in [1.54, 1.807) is 0 Å². The summed E-state index contributed by atoms with van der Waals surface area (Å²) in [6, 6.07) is 6.44. The molecule has 126 valence electrons. The van der Waals surface area contributed by atoms with E-state index in [4.69, 9.17) is 21.6 Å². The number of imidazole rings is 1. The Morgan fingerprint density at radius 2 is 1.67 bits per heavy atom. The van der Waals surface area contributed by atoms with Crippen LogP contribution in [0.4, 0.5) is 5.69 Å². The Balaban J connectivity index is 2.30. The summed E-state index contributed by atoms with van der Waals surface area (Å²) >= 11 is 5.83. The van der Waals surface area contributed by atoms with Gasteiger partial charge in [-0.25, -0.2) is 9.97 Å². The molecule has 2 aromatic heterocycles. The number of nitrogens with one attached hydrogen (secondary N) is 1. The van der Waals surface area contributed by atoms with Gasteiger partial charge in [-0.05, 0) is 51.8 Å². The van der Waals surface area contributed by atoms with Crippen LogP contribution in [0.25, 0.3) is 16.9 Å². The van der Waals surface area contributed by atoms with E-state index in [2.05, 4.69) is 42.8 Å². The molecule has 0 fully saturated rings. The molecule has 0 unspecified atom stereocenters.